The van der Waals surface area contributed by atoms with Gasteiger partial charge in [0.2, 0.25) is 0 Å². The summed E-state index contributed by atoms with van der Waals surface area (Å²) in [5.74, 6) is -0.512. The molecular formula is C10H7FN2O. The van der Waals surface area contributed by atoms with E-state index in [9.17, 15) is 9.18 Å². The number of Topliss-reactive ketones (excluding diaryl/α,β-unsaturated/α-hetero) is 1. The third-order valence-electron chi connectivity index (χ3n) is 2.39. The Kier molecular flexibility index (Phi) is 1.81. The summed E-state index contributed by atoms with van der Waals surface area (Å²) in [7, 11) is 0. The van der Waals surface area contributed by atoms with Gasteiger partial charge < -0.3 is 4.85 Å². The largest absolute Gasteiger partial charge is 0.302 e. The second kappa shape index (κ2) is 2.88. The summed E-state index contributed by atoms with van der Waals surface area (Å²) in [6, 6.07) is 2.73. The highest BCUT2D eigenvalue weighted by Gasteiger charge is 2.54. The van der Waals surface area contributed by atoms with E-state index in [0.29, 0.717) is 0 Å². The van der Waals surface area contributed by atoms with Crippen LogP contribution in [0.2, 0.25) is 0 Å². The molecule has 3 nitrogen and oxygen atoms in total. The van der Waals surface area contributed by atoms with Crippen molar-refractivity contribution in [2.24, 2.45) is 0 Å². The Morgan fingerprint density at radius 2 is 2.29 bits per heavy atom. The molecule has 1 saturated carbocycles. The van der Waals surface area contributed by atoms with Crippen LogP contribution in [0.25, 0.3) is 4.85 Å². The quantitative estimate of drug-likeness (QED) is 0.631. The van der Waals surface area contributed by atoms with Gasteiger partial charge in [-0.3, -0.25) is 4.79 Å². The van der Waals surface area contributed by atoms with E-state index in [0.717, 1.165) is 0 Å². The number of aromatic nitrogens is 1. The van der Waals surface area contributed by atoms with Crippen LogP contribution in [0.4, 0.5) is 4.39 Å². The van der Waals surface area contributed by atoms with Crippen LogP contribution in [-0.2, 0) is 10.3 Å². The van der Waals surface area contributed by atoms with Crippen molar-refractivity contribution in [3.05, 3.63) is 41.3 Å². The van der Waals surface area contributed by atoms with E-state index in [2.05, 4.69) is 9.83 Å². The van der Waals surface area contributed by atoms with Gasteiger partial charge in [-0.1, -0.05) is 0 Å². The van der Waals surface area contributed by atoms with Gasteiger partial charge in [0.25, 0.3) is 5.54 Å². The van der Waals surface area contributed by atoms with E-state index < -0.39 is 11.4 Å². The van der Waals surface area contributed by atoms with Crippen LogP contribution < -0.4 is 0 Å². The maximum atomic E-state index is 13.3. The van der Waals surface area contributed by atoms with E-state index in [1.54, 1.807) is 0 Å². The van der Waals surface area contributed by atoms with Crippen LogP contribution in [0.1, 0.15) is 18.5 Å². The second-order valence-corrected chi connectivity index (χ2v) is 3.37. The van der Waals surface area contributed by atoms with Crippen LogP contribution in [0, 0.1) is 12.4 Å². The summed E-state index contributed by atoms with van der Waals surface area (Å²) in [5.41, 5.74) is -0.919. The molecular weight excluding hydrogens is 183 g/mol. The molecule has 14 heavy (non-hydrogen) atoms. The van der Waals surface area contributed by atoms with Crippen molar-refractivity contribution >= 4 is 5.78 Å². The number of carbonyl (C=O) groups is 1. The van der Waals surface area contributed by atoms with E-state index in [4.69, 9.17) is 6.57 Å². The Hall–Kier alpha value is -1.76. The lowest BCUT2D eigenvalue weighted by Gasteiger charge is -2.27. The van der Waals surface area contributed by atoms with Crippen molar-refractivity contribution < 1.29 is 9.18 Å². The van der Waals surface area contributed by atoms with Gasteiger partial charge in [0, 0.05) is 6.20 Å². The van der Waals surface area contributed by atoms with Crippen molar-refractivity contribution in [1.29, 1.82) is 0 Å². The van der Waals surface area contributed by atoms with Crippen molar-refractivity contribution in [2.75, 3.05) is 0 Å². The highest BCUT2D eigenvalue weighted by molar-refractivity contribution is 5.89. The fourth-order valence-electron chi connectivity index (χ4n) is 1.63. The van der Waals surface area contributed by atoms with E-state index in [1.165, 1.54) is 18.3 Å². The van der Waals surface area contributed by atoms with Crippen LogP contribution >= 0.6 is 0 Å². The van der Waals surface area contributed by atoms with Gasteiger partial charge in [-0.15, -0.1) is 0 Å². The maximum absolute atomic E-state index is 13.3. The Morgan fingerprint density at radius 1 is 1.57 bits per heavy atom. The molecule has 0 bridgehead atoms. The minimum absolute atomic E-state index is 0.00828. The summed E-state index contributed by atoms with van der Waals surface area (Å²) in [4.78, 5) is 18.0. The third kappa shape index (κ3) is 1.10. The average molecular weight is 190 g/mol. The predicted octanol–water partition coefficient (Wildman–Crippen LogP) is 1.70. The SMILES string of the molecule is [C-]#[N+]C1(c2ncccc2F)CC(=O)C1. The van der Waals surface area contributed by atoms with Crippen molar-refractivity contribution in [1.82, 2.24) is 4.98 Å². The maximum Gasteiger partial charge on any atom is 0.290 e. The molecule has 0 saturated heterocycles. The van der Waals surface area contributed by atoms with Gasteiger partial charge in [-0.2, -0.15) is 0 Å². The fourth-order valence-corrected chi connectivity index (χ4v) is 1.63. The first kappa shape index (κ1) is 8.82. The average Bonchev–Trinajstić information content (AvgIpc) is 2.14. The lowest BCUT2D eigenvalue weighted by molar-refractivity contribution is -0.127. The zero-order valence-electron chi connectivity index (χ0n) is 7.33. The molecule has 2 rings (SSSR count). The Bertz CT molecular complexity index is 428. The highest BCUT2D eigenvalue weighted by atomic mass is 19.1. The number of hydrogen-bond donors (Lipinski definition) is 0. The summed E-state index contributed by atoms with van der Waals surface area (Å²) in [6.07, 6.45) is 1.61. The monoisotopic (exact) mass is 190 g/mol. The molecule has 1 aliphatic rings. The Labute approximate surface area is 80.4 Å². The number of rotatable bonds is 1. The molecule has 0 unspecified atom stereocenters. The van der Waals surface area contributed by atoms with Gasteiger partial charge in [-0.05, 0) is 12.1 Å². The minimum Gasteiger partial charge on any atom is -0.302 e. The van der Waals surface area contributed by atoms with Crippen LogP contribution in [-0.4, -0.2) is 10.8 Å². The van der Waals surface area contributed by atoms with E-state index in [-0.39, 0.29) is 24.3 Å². The summed E-state index contributed by atoms with van der Waals surface area (Å²) >= 11 is 0. The molecule has 1 aromatic heterocycles. The molecule has 0 atom stereocenters. The first-order valence-electron chi connectivity index (χ1n) is 4.19. The summed E-state index contributed by atoms with van der Waals surface area (Å²) in [5, 5.41) is 0. The standard InChI is InChI=1S/C10H7FN2O/c1-12-10(5-7(14)6-10)9-8(11)3-2-4-13-9/h2-4H,5-6H2. The van der Waals surface area contributed by atoms with E-state index in [1.807, 2.05) is 0 Å². The molecule has 0 aromatic carbocycles. The number of hydrogen-bond acceptors (Lipinski definition) is 2. The molecule has 0 amide bonds. The lowest BCUT2D eigenvalue weighted by Crippen LogP contribution is -2.40. The summed E-state index contributed by atoms with van der Waals surface area (Å²) in [6.45, 7) is 7.00. The van der Waals surface area contributed by atoms with Crippen molar-refractivity contribution in [3.8, 4) is 0 Å². The van der Waals surface area contributed by atoms with Crippen LogP contribution in [0.3, 0.4) is 0 Å². The van der Waals surface area contributed by atoms with Crippen LogP contribution in [0.15, 0.2) is 18.3 Å². The van der Waals surface area contributed by atoms with Gasteiger partial charge in [0.1, 0.15) is 5.78 Å². The molecule has 0 N–H and O–H groups in total. The number of nitrogens with zero attached hydrogens (tertiary/aromatic N) is 2. The fraction of sp³-hybridized carbons (Fsp3) is 0.300. The summed E-state index contributed by atoms with van der Waals surface area (Å²) < 4.78 is 13.3. The molecule has 0 aliphatic heterocycles. The predicted molar refractivity (Wildman–Crippen MR) is 46.7 cm³/mol. The van der Waals surface area contributed by atoms with Gasteiger partial charge >= 0.3 is 0 Å². The van der Waals surface area contributed by atoms with Crippen molar-refractivity contribution in [2.45, 2.75) is 18.4 Å². The Morgan fingerprint density at radius 3 is 2.79 bits per heavy atom. The number of pyridine rings is 1. The molecule has 1 aromatic rings. The number of ketones is 1. The van der Waals surface area contributed by atoms with Crippen LogP contribution in [0.5, 0.6) is 0 Å². The third-order valence-corrected chi connectivity index (χ3v) is 2.39. The zero-order chi connectivity index (χ0) is 10.2. The topological polar surface area (TPSA) is 34.3 Å². The normalized spacial score (nSPS) is 18.4. The molecule has 1 aliphatic carbocycles. The lowest BCUT2D eigenvalue weighted by atomic mass is 9.73. The minimum atomic E-state index is -1.03. The van der Waals surface area contributed by atoms with Gasteiger partial charge in [0.05, 0.1) is 12.8 Å². The molecule has 4 heteroatoms. The number of carbonyl (C=O) groups excluding carboxylic acids is 1. The smallest absolute Gasteiger partial charge is 0.290 e. The molecule has 0 radical (unpaired) electrons. The molecule has 70 valence electrons. The zero-order valence-corrected chi connectivity index (χ0v) is 7.33. The molecule has 1 heterocycles. The van der Waals surface area contributed by atoms with Crippen molar-refractivity contribution in [3.63, 3.8) is 0 Å². The van der Waals surface area contributed by atoms with Gasteiger partial charge in [0.15, 0.2) is 11.5 Å². The molecule has 1 fully saturated rings. The first-order valence-corrected chi connectivity index (χ1v) is 4.19. The highest BCUT2D eigenvalue weighted by Crippen LogP contribution is 2.42. The van der Waals surface area contributed by atoms with Gasteiger partial charge in [-0.25, -0.2) is 15.9 Å². The second-order valence-electron chi connectivity index (χ2n) is 3.37. The molecule has 0 spiro atoms. The van der Waals surface area contributed by atoms with E-state index >= 15 is 0 Å². The first-order chi connectivity index (χ1) is 6.68. The number of halogens is 1. The Balaban J connectivity index is 2.45.